The van der Waals surface area contributed by atoms with Crippen molar-refractivity contribution < 1.29 is 17.9 Å². The predicted molar refractivity (Wildman–Crippen MR) is 99.7 cm³/mol. The Morgan fingerprint density at radius 1 is 1.14 bits per heavy atom. The van der Waals surface area contributed by atoms with Crippen LogP contribution in [0.25, 0.3) is 5.69 Å². The maximum atomic E-state index is 12.8. The van der Waals surface area contributed by atoms with E-state index in [-0.39, 0.29) is 0 Å². The summed E-state index contributed by atoms with van der Waals surface area (Å²) in [6.45, 7) is 3.81. The molecular formula is C20H20F3N5O. The molecule has 1 aliphatic heterocycles. The van der Waals surface area contributed by atoms with E-state index in [2.05, 4.69) is 20.0 Å². The van der Waals surface area contributed by atoms with Crippen molar-refractivity contribution in [1.82, 2.24) is 24.6 Å². The van der Waals surface area contributed by atoms with Gasteiger partial charge in [-0.05, 0) is 31.2 Å². The number of fused-ring (bicyclic) bond motifs is 1. The van der Waals surface area contributed by atoms with Crippen molar-refractivity contribution in [2.45, 2.75) is 32.6 Å². The van der Waals surface area contributed by atoms with E-state index >= 15 is 0 Å². The van der Waals surface area contributed by atoms with Crippen molar-refractivity contribution in [1.29, 1.82) is 0 Å². The van der Waals surface area contributed by atoms with Crippen LogP contribution in [-0.4, -0.2) is 38.3 Å². The van der Waals surface area contributed by atoms with Crippen LogP contribution in [0.5, 0.6) is 5.75 Å². The van der Waals surface area contributed by atoms with Crippen LogP contribution in [0.2, 0.25) is 0 Å². The Kier molecular flexibility index (Phi) is 4.99. The highest BCUT2D eigenvalue weighted by molar-refractivity contribution is 5.39. The highest BCUT2D eigenvalue weighted by Crippen LogP contribution is 2.28. The summed E-state index contributed by atoms with van der Waals surface area (Å²) in [7, 11) is 1.62. The SMILES string of the molecule is COc1ccc(-n2ncc(CN3CCc4nc(C(F)(F)F)ncc4C3)c2C)cc1. The van der Waals surface area contributed by atoms with E-state index in [1.54, 1.807) is 7.11 Å². The predicted octanol–water partition coefficient (Wildman–Crippen LogP) is 3.56. The molecule has 0 N–H and O–H groups in total. The van der Waals surface area contributed by atoms with Crippen molar-refractivity contribution in [3.8, 4) is 11.4 Å². The third-order valence-electron chi connectivity index (χ3n) is 5.09. The second-order valence-corrected chi connectivity index (χ2v) is 6.99. The lowest BCUT2D eigenvalue weighted by molar-refractivity contribution is -0.145. The monoisotopic (exact) mass is 403 g/mol. The molecule has 0 amide bonds. The molecule has 152 valence electrons. The first-order chi connectivity index (χ1) is 13.8. The summed E-state index contributed by atoms with van der Waals surface area (Å²) in [6.07, 6.45) is -0.921. The smallest absolute Gasteiger partial charge is 0.451 e. The zero-order chi connectivity index (χ0) is 20.6. The zero-order valence-corrected chi connectivity index (χ0v) is 16.1. The molecule has 2 aromatic heterocycles. The molecule has 4 rings (SSSR count). The maximum Gasteiger partial charge on any atom is 0.451 e. The van der Waals surface area contributed by atoms with Crippen molar-refractivity contribution in [3.63, 3.8) is 0 Å². The van der Waals surface area contributed by atoms with Gasteiger partial charge in [-0.15, -0.1) is 0 Å². The quantitative estimate of drug-likeness (QED) is 0.667. The molecule has 0 unspecified atom stereocenters. The average molecular weight is 403 g/mol. The molecule has 29 heavy (non-hydrogen) atoms. The summed E-state index contributed by atoms with van der Waals surface area (Å²) in [4.78, 5) is 9.37. The number of rotatable bonds is 4. The Labute approximate surface area is 166 Å². The molecule has 0 saturated heterocycles. The number of hydrogen-bond acceptors (Lipinski definition) is 5. The fourth-order valence-corrected chi connectivity index (χ4v) is 3.47. The van der Waals surface area contributed by atoms with E-state index in [0.29, 0.717) is 31.7 Å². The first-order valence-corrected chi connectivity index (χ1v) is 9.17. The van der Waals surface area contributed by atoms with Crippen molar-refractivity contribution in [2.24, 2.45) is 0 Å². The number of methoxy groups -OCH3 is 1. The molecule has 6 nitrogen and oxygen atoms in total. The van der Waals surface area contributed by atoms with Crippen LogP contribution in [0, 0.1) is 6.92 Å². The number of halogens is 3. The standard InChI is InChI=1S/C20H20F3N5O/c1-13-14(10-25-28(13)16-3-5-17(29-2)6-4-16)11-27-8-7-18-15(12-27)9-24-19(26-18)20(21,22)23/h3-6,9-10H,7-8,11-12H2,1-2H3. The van der Waals surface area contributed by atoms with Gasteiger partial charge in [-0.25, -0.2) is 14.6 Å². The van der Waals surface area contributed by atoms with Gasteiger partial charge in [-0.1, -0.05) is 0 Å². The first kappa shape index (κ1) is 19.4. The van der Waals surface area contributed by atoms with Gasteiger partial charge in [-0.2, -0.15) is 18.3 Å². The second-order valence-electron chi connectivity index (χ2n) is 6.99. The fourth-order valence-electron chi connectivity index (χ4n) is 3.47. The van der Waals surface area contributed by atoms with E-state index in [1.165, 1.54) is 6.20 Å². The topological polar surface area (TPSA) is 56.1 Å². The Bertz CT molecular complexity index is 1010. The van der Waals surface area contributed by atoms with Gasteiger partial charge in [0.1, 0.15) is 5.75 Å². The van der Waals surface area contributed by atoms with Crippen LogP contribution in [0.3, 0.4) is 0 Å². The summed E-state index contributed by atoms with van der Waals surface area (Å²) in [5.74, 6) is -0.289. The fraction of sp³-hybridized carbons (Fsp3) is 0.350. The van der Waals surface area contributed by atoms with Crippen LogP contribution in [-0.2, 0) is 25.7 Å². The molecule has 0 atom stereocenters. The minimum atomic E-state index is -4.51. The van der Waals surface area contributed by atoms with Crippen LogP contribution in [0.15, 0.2) is 36.7 Å². The third kappa shape index (κ3) is 3.95. The lowest BCUT2D eigenvalue weighted by Crippen LogP contribution is -2.31. The van der Waals surface area contributed by atoms with Gasteiger partial charge in [0.15, 0.2) is 0 Å². The number of ether oxygens (including phenoxy) is 1. The Morgan fingerprint density at radius 3 is 2.59 bits per heavy atom. The summed E-state index contributed by atoms with van der Waals surface area (Å²) in [5.41, 5.74) is 4.24. The number of alkyl halides is 3. The van der Waals surface area contributed by atoms with E-state index in [0.717, 1.165) is 28.3 Å². The highest BCUT2D eigenvalue weighted by atomic mass is 19.4. The number of hydrogen-bond donors (Lipinski definition) is 0. The van der Waals surface area contributed by atoms with Crippen LogP contribution in [0.4, 0.5) is 13.2 Å². The van der Waals surface area contributed by atoms with Gasteiger partial charge in [-0.3, -0.25) is 4.90 Å². The van der Waals surface area contributed by atoms with Crippen molar-refractivity contribution in [2.75, 3.05) is 13.7 Å². The lowest BCUT2D eigenvalue weighted by atomic mass is 10.1. The number of benzene rings is 1. The summed E-state index contributed by atoms with van der Waals surface area (Å²) in [5, 5.41) is 4.49. The largest absolute Gasteiger partial charge is 0.497 e. The first-order valence-electron chi connectivity index (χ1n) is 9.17. The Morgan fingerprint density at radius 2 is 1.90 bits per heavy atom. The van der Waals surface area contributed by atoms with E-state index in [4.69, 9.17) is 4.74 Å². The average Bonchev–Trinajstić information content (AvgIpc) is 3.07. The van der Waals surface area contributed by atoms with E-state index < -0.39 is 12.0 Å². The molecule has 3 heterocycles. The molecule has 3 aromatic rings. The summed E-state index contributed by atoms with van der Waals surface area (Å²) < 4.78 is 45.5. The third-order valence-corrected chi connectivity index (χ3v) is 5.09. The van der Waals surface area contributed by atoms with Crippen molar-refractivity contribution in [3.05, 3.63) is 65.0 Å². The molecule has 1 aromatic carbocycles. The molecule has 0 aliphatic carbocycles. The number of aromatic nitrogens is 4. The van der Waals surface area contributed by atoms with Gasteiger partial charge in [0.2, 0.25) is 5.82 Å². The van der Waals surface area contributed by atoms with Gasteiger partial charge >= 0.3 is 6.18 Å². The minimum absolute atomic E-state index is 0.465. The van der Waals surface area contributed by atoms with Crippen LogP contribution in [0.1, 0.15) is 28.3 Å². The van der Waals surface area contributed by atoms with Crippen molar-refractivity contribution >= 4 is 0 Å². The molecule has 0 bridgehead atoms. The van der Waals surface area contributed by atoms with Gasteiger partial charge in [0.05, 0.1) is 24.7 Å². The van der Waals surface area contributed by atoms with Crippen LogP contribution < -0.4 is 4.74 Å². The molecule has 1 aliphatic rings. The Balaban J connectivity index is 1.49. The summed E-state index contributed by atoms with van der Waals surface area (Å²) in [6, 6.07) is 7.64. The maximum absolute atomic E-state index is 12.8. The zero-order valence-electron chi connectivity index (χ0n) is 16.1. The second kappa shape index (κ2) is 7.47. The van der Waals surface area contributed by atoms with E-state index in [9.17, 15) is 13.2 Å². The van der Waals surface area contributed by atoms with Gasteiger partial charge < -0.3 is 4.74 Å². The highest BCUT2D eigenvalue weighted by Gasteiger charge is 2.35. The normalized spacial score (nSPS) is 14.7. The lowest BCUT2D eigenvalue weighted by Gasteiger charge is -2.28. The molecule has 0 radical (unpaired) electrons. The number of nitrogens with zero attached hydrogens (tertiary/aromatic N) is 5. The Hall–Kier alpha value is -2.94. The summed E-state index contributed by atoms with van der Waals surface area (Å²) >= 11 is 0. The molecule has 0 spiro atoms. The van der Waals surface area contributed by atoms with Crippen LogP contribution >= 0.6 is 0 Å². The minimum Gasteiger partial charge on any atom is -0.497 e. The molecule has 0 fully saturated rings. The van der Waals surface area contributed by atoms with E-state index in [1.807, 2.05) is 42.1 Å². The van der Waals surface area contributed by atoms with Gasteiger partial charge in [0, 0.05) is 49.1 Å². The van der Waals surface area contributed by atoms with Gasteiger partial charge in [0.25, 0.3) is 0 Å². The molecular weight excluding hydrogens is 383 g/mol. The molecule has 9 heteroatoms. The molecule has 0 saturated carbocycles.